The van der Waals surface area contributed by atoms with Gasteiger partial charge >= 0.3 is 0 Å². The second-order valence-corrected chi connectivity index (χ2v) is 18.0. The SMILES string of the molecule is CN1C(c2ccc3c(ccc4oc5ccc(-n6c7cc8ccccc8cc7c7cc8ccccc8cc76)cc5c43)c2)=NC(c2cccc3c2sc2ccccc23)=NC1c1ccccc1. The first-order valence-corrected chi connectivity index (χ1v) is 22.5. The predicted molar refractivity (Wildman–Crippen MR) is 270 cm³/mol. The highest BCUT2D eigenvalue weighted by Gasteiger charge is 2.28. The molecule has 0 bridgehead atoms. The largest absolute Gasteiger partial charge is 0.456 e. The third-order valence-corrected chi connectivity index (χ3v) is 14.6. The van der Waals surface area contributed by atoms with E-state index in [1.807, 2.05) is 11.3 Å². The molecule has 1 aliphatic rings. The van der Waals surface area contributed by atoms with Crippen LogP contribution >= 0.6 is 11.3 Å². The zero-order chi connectivity index (χ0) is 42.0. The molecule has 0 fully saturated rings. The van der Waals surface area contributed by atoms with Crippen molar-refractivity contribution in [3.8, 4) is 5.69 Å². The summed E-state index contributed by atoms with van der Waals surface area (Å²) in [5, 5.41) is 14.4. The van der Waals surface area contributed by atoms with Crippen molar-refractivity contribution in [1.82, 2.24) is 9.47 Å². The van der Waals surface area contributed by atoms with Gasteiger partial charge in [-0.25, -0.2) is 9.98 Å². The fourth-order valence-corrected chi connectivity index (χ4v) is 11.5. The van der Waals surface area contributed by atoms with Crippen LogP contribution in [0.1, 0.15) is 22.9 Å². The molecule has 13 aromatic rings. The number of hydrogen-bond acceptors (Lipinski definition) is 5. The van der Waals surface area contributed by atoms with Crippen molar-refractivity contribution < 1.29 is 4.42 Å². The Morgan fingerprint density at radius 1 is 0.500 bits per heavy atom. The van der Waals surface area contributed by atoms with Gasteiger partial charge in [0.15, 0.2) is 5.84 Å². The molecule has 10 aromatic carbocycles. The highest BCUT2D eigenvalue weighted by Crippen LogP contribution is 2.42. The maximum atomic E-state index is 6.61. The van der Waals surface area contributed by atoms with Gasteiger partial charge in [0.2, 0.25) is 0 Å². The van der Waals surface area contributed by atoms with E-state index in [9.17, 15) is 0 Å². The number of rotatable bonds is 4. The summed E-state index contributed by atoms with van der Waals surface area (Å²) < 4.78 is 11.5. The van der Waals surface area contributed by atoms with Gasteiger partial charge in [0, 0.05) is 65.6 Å². The van der Waals surface area contributed by atoms with Gasteiger partial charge in [0.25, 0.3) is 0 Å². The molecule has 64 heavy (non-hydrogen) atoms. The molecule has 0 radical (unpaired) electrons. The van der Waals surface area contributed by atoms with Crippen molar-refractivity contribution in [2.24, 2.45) is 9.98 Å². The summed E-state index contributed by atoms with van der Waals surface area (Å²) >= 11 is 1.81. The summed E-state index contributed by atoms with van der Waals surface area (Å²) in [7, 11) is 2.11. The van der Waals surface area contributed by atoms with Crippen molar-refractivity contribution in [1.29, 1.82) is 0 Å². The van der Waals surface area contributed by atoms with Gasteiger partial charge in [-0.05, 0) is 105 Å². The number of hydrogen-bond donors (Lipinski definition) is 0. The summed E-state index contributed by atoms with van der Waals surface area (Å²) in [5.74, 6) is 1.62. The standard InChI is InChI=1S/C58H36N4OS/c1-61-57(34-12-3-2-4-13-34)59-56(45-20-11-19-44-43-18-9-10-21-53(43)64-55(44)45)60-58(61)40-22-25-42-39(28-40)23-26-52-54(42)48-33-41(24-27-51(48)63-52)62-49-31-37-16-7-5-14-35(37)29-46(49)47-30-36-15-6-8-17-38(36)32-50(47)62/h2-33,57H,1H3. The zero-order valence-corrected chi connectivity index (χ0v) is 35.5. The predicted octanol–water partition coefficient (Wildman–Crippen LogP) is 15.3. The normalized spacial score (nSPS) is 14.6. The minimum absolute atomic E-state index is 0.250. The van der Waals surface area contributed by atoms with E-state index in [2.05, 4.69) is 211 Å². The second-order valence-electron chi connectivity index (χ2n) is 17.0. The minimum Gasteiger partial charge on any atom is -0.456 e. The summed E-state index contributed by atoms with van der Waals surface area (Å²) in [6.45, 7) is 0. The first-order valence-electron chi connectivity index (χ1n) is 21.7. The molecule has 3 aromatic heterocycles. The van der Waals surface area contributed by atoms with E-state index in [0.717, 1.165) is 66.8 Å². The molecule has 1 atom stereocenters. The molecular formula is C58H36N4OS. The molecule has 0 spiro atoms. The Hall–Kier alpha value is -8.06. The van der Waals surface area contributed by atoms with Crippen LogP contribution in [0, 0.1) is 0 Å². The van der Waals surface area contributed by atoms with Crippen molar-refractivity contribution in [3.05, 3.63) is 211 Å². The number of amidine groups is 2. The van der Waals surface area contributed by atoms with Gasteiger partial charge in [0.05, 0.1) is 11.0 Å². The first kappa shape index (κ1) is 35.5. The lowest BCUT2D eigenvalue weighted by Crippen LogP contribution is -2.35. The van der Waals surface area contributed by atoms with Gasteiger partial charge in [0.1, 0.15) is 23.2 Å². The quantitative estimate of drug-likeness (QED) is 0.177. The molecule has 1 aliphatic heterocycles. The Morgan fingerprint density at radius 2 is 1.17 bits per heavy atom. The van der Waals surface area contributed by atoms with Crippen LogP contribution in [-0.2, 0) is 0 Å². The van der Waals surface area contributed by atoms with Crippen LogP contribution in [0.3, 0.4) is 0 Å². The summed E-state index contributed by atoms with van der Waals surface area (Å²) in [6.07, 6.45) is -0.250. The molecule has 6 heteroatoms. The van der Waals surface area contributed by atoms with Crippen LogP contribution < -0.4 is 0 Å². The van der Waals surface area contributed by atoms with Crippen molar-refractivity contribution in [3.63, 3.8) is 0 Å². The fourth-order valence-electron chi connectivity index (χ4n) is 10.3. The van der Waals surface area contributed by atoms with Crippen LogP contribution in [0.2, 0.25) is 0 Å². The van der Waals surface area contributed by atoms with E-state index in [1.54, 1.807) is 0 Å². The van der Waals surface area contributed by atoms with Crippen LogP contribution in [0.4, 0.5) is 0 Å². The lowest BCUT2D eigenvalue weighted by molar-refractivity contribution is 0.383. The third kappa shape index (κ3) is 5.23. The number of thiophene rings is 1. The van der Waals surface area contributed by atoms with Gasteiger partial charge in [-0.15, -0.1) is 11.3 Å². The Labute approximate surface area is 371 Å². The molecular weight excluding hydrogens is 801 g/mol. The maximum Gasteiger partial charge on any atom is 0.160 e. The molecule has 0 saturated heterocycles. The Balaban J connectivity index is 0.945. The lowest BCUT2D eigenvalue weighted by Gasteiger charge is -2.32. The zero-order valence-electron chi connectivity index (χ0n) is 34.7. The Morgan fingerprint density at radius 3 is 1.94 bits per heavy atom. The molecule has 300 valence electrons. The minimum atomic E-state index is -0.250. The van der Waals surface area contributed by atoms with Gasteiger partial charge in [-0.2, -0.15) is 0 Å². The van der Waals surface area contributed by atoms with E-state index in [4.69, 9.17) is 14.4 Å². The average Bonchev–Trinajstić information content (AvgIpc) is 4.02. The molecule has 0 amide bonds. The average molecular weight is 837 g/mol. The topological polar surface area (TPSA) is 46.0 Å². The summed E-state index contributed by atoms with van der Waals surface area (Å²) in [4.78, 5) is 13.0. The van der Waals surface area contributed by atoms with E-state index in [0.29, 0.717) is 0 Å². The molecule has 1 unspecified atom stereocenters. The molecule has 0 saturated carbocycles. The van der Waals surface area contributed by atoms with Gasteiger partial charge < -0.3 is 13.9 Å². The molecule has 4 heterocycles. The van der Waals surface area contributed by atoms with Gasteiger partial charge in [-0.3, -0.25) is 0 Å². The second kappa shape index (κ2) is 13.5. The van der Waals surface area contributed by atoms with E-state index >= 15 is 0 Å². The third-order valence-electron chi connectivity index (χ3n) is 13.4. The first-order chi connectivity index (χ1) is 31.6. The molecule has 5 nitrogen and oxygen atoms in total. The molecule has 0 N–H and O–H groups in total. The van der Waals surface area contributed by atoms with Crippen LogP contribution in [0.5, 0.6) is 0 Å². The maximum absolute atomic E-state index is 6.61. The summed E-state index contributed by atoms with van der Waals surface area (Å²) in [5.41, 5.74) is 8.40. The van der Waals surface area contributed by atoms with E-state index in [1.165, 1.54) is 63.5 Å². The van der Waals surface area contributed by atoms with E-state index < -0.39 is 0 Å². The lowest BCUT2D eigenvalue weighted by atomic mass is 10.00. The van der Waals surface area contributed by atoms with Gasteiger partial charge in [-0.1, -0.05) is 127 Å². The van der Waals surface area contributed by atoms with Crippen LogP contribution in [0.15, 0.2) is 209 Å². The van der Waals surface area contributed by atoms with Crippen molar-refractivity contribution in [2.75, 3.05) is 7.05 Å². The van der Waals surface area contributed by atoms with Crippen molar-refractivity contribution >= 4 is 119 Å². The number of fused-ring (bicyclic) bond motifs is 13. The smallest absolute Gasteiger partial charge is 0.160 e. The molecule has 0 aliphatic carbocycles. The van der Waals surface area contributed by atoms with E-state index in [-0.39, 0.29) is 6.17 Å². The number of benzene rings is 10. The Kier molecular flexibility index (Phi) is 7.48. The molecule has 14 rings (SSSR count). The highest BCUT2D eigenvalue weighted by atomic mass is 32.1. The highest BCUT2D eigenvalue weighted by molar-refractivity contribution is 7.26. The van der Waals surface area contributed by atoms with Crippen LogP contribution in [0.25, 0.3) is 102 Å². The summed E-state index contributed by atoms with van der Waals surface area (Å²) in [6, 6.07) is 70.1. The number of nitrogens with zero attached hydrogens (tertiary/aromatic N) is 4. The number of furan rings is 1. The van der Waals surface area contributed by atoms with Crippen LogP contribution in [-0.4, -0.2) is 28.2 Å². The van der Waals surface area contributed by atoms with Crippen molar-refractivity contribution in [2.45, 2.75) is 6.17 Å². The monoisotopic (exact) mass is 836 g/mol. The Bertz CT molecular complexity index is 4080. The fraction of sp³-hybridized carbons (Fsp3) is 0.0345. The number of aliphatic imine (C=N–C) groups is 2. The number of aromatic nitrogens is 1.